The molecule has 0 aromatic heterocycles. The van der Waals surface area contributed by atoms with Gasteiger partial charge >= 0.3 is 0 Å². The van der Waals surface area contributed by atoms with Crippen molar-refractivity contribution < 1.29 is 9.13 Å². The molecular weight excluding hydrogens is 219 g/mol. The molecule has 0 amide bonds. The van der Waals surface area contributed by atoms with Gasteiger partial charge in [0.2, 0.25) is 0 Å². The molecule has 3 rings (SSSR count). The first-order chi connectivity index (χ1) is 7.46. The molecule has 2 heterocycles. The summed E-state index contributed by atoms with van der Waals surface area (Å²) in [6.07, 6.45) is 4.12. The van der Waals surface area contributed by atoms with Crippen molar-refractivity contribution in [3.63, 3.8) is 0 Å². The zero-order chi connectivity index (χ0) is 11.6. The zero-order valence-corrected chi connectivity index (χ0v) is 10.8. The fourth-order valence-corrected chi connectivity index (χ4v) is 4.87. The van der Waals surface area contributed by atoms with Gasteiger partial charge in [-0.25, -0.2) is 4.39 Å². The molecule has 16 heavy (non-hydrogen) atoms. The third-order valence-corrected chi connectivity index (χ3v) is 6.42. The second-order valence-corrected chi connectivity index (χ2v) is 10.8. The Bertz CT molecular complexity index is 489. The highest BCUT2D eigenvalue weighted by atomic mass is 28.3. The molecule has 0 aliphatic carbocycles. The molecule has 0 saturated carbocycles. The minimum absolute atomic E-state index is 0.0302. The number of halogens is 1. The van der Waals surface area contributed by atoms with Crippen molar-refractivity contribution in [2.45, 2.75) is 31.0 Å². The molecule has 2 atom stereocenters. The van der Waals surface area contributed by atoms with E-state index in [-0.39, 0.29) is 11.9 Å². The van der Waals surface area contributed by atoms with E-state index in [0.717, 1.165) is 11.1 Å². The van der Waals surface area contributed by atoms with E-state index in [4.69, 9.17) is 4.74 Å². The summed E-state index contributed by atoms with van der Waals surface area (Å²) in [4.78, 5) is 0. The van der Waals surface area contributed by atoms with Crippen molar-refractivity contribution in [2.75, 3.05) is 0 Å². The summed E-state index contributed by atoms with van der Waals surface area (Å²) in [5.41, 5.74) is 1.81. The third-order valence-electron chi connectivity index (χ3n) is 3.66. The standard InChI is InChI=1S/C13H15FOSi/c1-16(2,3)13-8-7-11(15-13)9-5-4-6-10(14)12(9)13/h4-8,11H,1-3H3. The fourth-order valence-electron chi connectivity index (χ4n) is 2.78. The van der Waals surface area contributed by atoms with E-state index < -0.39 is 13.3 Å². The van der Waals surface area contributed by atoms with Gasteiger partial charge in [0.05, 0.1) is 8.07 Å². The molecule has 1 aromatic carbocycles. The Balaban J connectivity index is 2.30. The molecule has 1 nitrogen and oxygen atoms in total. The van der Waals surface area contributed by atoms with Crippen LogP contribution in [-0.2, 0) is 9.96 Å². The van der Waals surface area contributed by atoms with E-state index in [1.165, 1.54) is 0 Å². The van der Waals surface area contributed by atoms with Crippen LogP contribution in [0.2, 0.25) is 19.6 Å². The summed E-state index contributed by atoms with van der Waals surface area (Å²) in [7, 11) is -1.66. The van der Waals surface area contributed by atoms with Crippen molar-refractivity contribution in [1.82, 2.24) is 0 Å². The monoisotopic (exact) mass is 234 g/mol. The summed E-state index contributed by atoms with van der Waals surface area (Å²) < 4.78 is 20.1. The maximum absolute atomic E-state index is 14.0. The molecular formula is C13H15FOSi. The minimum atomic E-state index is -1.66. The second-order valence-electron chi connectivity index (χ2n) is 5.59. The molecule has 0 saturated heterocycles. The van der Waals surface area contributed by atoms with Gasteiger partial charge in [0.25, 0.3) is 0 Å². The first-order valence-corrected chi connectivity index (χ1v) is 9.12. The lowest BCUT2D eigenvalue weighted by Gasteiger charge is -2.36. The number of hydrogen-bond acceptors (Lipinski definition) is 1. The van der Waals surface area contributed by atoms with Crippen LogP contribution < -0.4 is 0 Å². The third kappa shape index (κ3) is 1.03. The lowest BCUT2D eigenvalue weighted by atomic mass is 9.96. The highest BCUT2D eigenvalue weighted by molar-refractivity contribution is 6.79. The Morgan fingerprint density at radius 2 is 2.06 bits per heavy atom. The van der Waals surface area contributed by atoms with Crippen molar-refractivity contribution in [3.05, 3.63) is 47.3 Å². The van der Waals surface area contributed by atoms with Crippen LogP contribution in [0.1, 0.15) is 17.2 Å². The van der Waals surface area contributed by atoms with E-state index in [9.17, 15) is 4.39 Å². The Hall–Kier alpha value is -0.933. The average molecular weight is 234 g/mol. The topological polar surface area (TPSA) is 9.23 Å². The maximum atomic E-state index is 14.0. The molecule has 0 spiro atoms. The van der Waals surface area contributed by atoms with Gasteiger partial charge in [-0.3, -0.25) is 0 Å². The predicted molar refractivity (Wildman–Crippen MR) is 64.4 cm³/mol. The quantitative estimate of drug-likeness (QED) is 0.533. The summed E-state index contributed by atoms with van der Waals surface area (Å²) in [6.45, 7) is 6.67. The van der Waals surface area contributed by atoms with Gasteiger partial charge in [-0.1, -0.05) is 43.9 Å². The van der Waals surface area contributed by atoms with E-state index in [1.54, 1.807) is 12.1 Å². The zero-order valence-electron chi connectivity index (χ0n) is 9.75. The van der Waals surface area contributed by atoms with E-state index in [2.05, 4.69) is 31.8 Å². The smallest absolute Gasteiger partial charge is 0.129 e. The molecule has 0 radical (unpaired) electrons. The van der Waals surface area contributed by atoms with E-state index >= 15 is 0 Å². The predicted octanol–water partition coefficient (Wildman–Crippen LogP) is 3.54. The van der Waals surface area contributed by atoms with Crippen LogP contribution in [-0.4, -0.2) is 8.07 Å². The second kappa shape index (κ2) is 2.84. The Kier molecular flexibility index (Phi) is 1.82. The number of benzene rings is 1. The largest absolute Gasteiger partial charge is 0.358 e. The van der Waals surface area contributed by atoms with Gasteiger partial charge in [-0.15, -0.1) is 0 Å². The molecule has 3 heteroatoms. The summed E-state index contributed by atoms with van der Waals surface area (Å²) in [6, 6.07) is 5.29. The maximum Gasteiger partial charge on any atom is 0.129 e. The molecule has 2 aliphatic heterocycles. The van der Waals surface area contributed by atoms with Crippen LogP contribution in [0, 0.1) is 5.82 Å². The van der Waals surface area contributed by atoms with E-state index in [1.807, 2.05) is 6.07 Å². The summed E-state index contributed by atoms with van der Waals surface area (Å²) >= 11 is 0. The number of fused-ring (bicyclic) bond motifs is 5. The van der Waals surface area contributed by atoms with Gasteiger partial charge in [0.1, 0.15) is 17.1 Å². The first kappa shape index (κ1) is 10.2. The van der Waals surface area contributed by atoms with Crippen LogP contribution in [0.3, 0.4) is 0 Å². The van der Waals surface area contributed by atoms with Crippen molar-refractivity contribution in [1.29, 1.82) is 0 Å². The molecule has 84 valence electrons. The Morgan fingerprint density at radius 1 is 1.31 bits per heavy atom. The highest BCUT2D eigenvalue weighted by Crippen LogP contribution is 2.55. The lowest BCUT2D eigenvalue weighted by molar-refractivity contribution is 0.0473. The SMILES string of the molecule is C[Si](C)(C)C12C=CC(O1)c1cccc(F)c12. The number of rotatable bonds is 1. The lowest BCUT2D eigenvalue weighted by Crippen LogP contribution is -2.47. The molecule has 2 aliphatic rings. The van der Waals surface area contributed by atoms with Gasteiger partial charge in [-0.2, -0.15) is 0 Å². The Morgan fingerprint density at radius 3 is 2.75 bits per heavy atom. The van der Waals surface area contributed by atoms with Crippen molar-refractivity contribution >= 4 is 8.07 Å². The van der Waals surface area contributed by atoms with Crippen LogP contribution in [0.25, 0.3) is 0 Å². The Labute approximate surface area is 95.9 Å². The molecule has 1 aromatic rings. The van der Waals surface area contributed by atoms with Gasteiger partial charge in [0.15, 0.2) is 0 Å². The number of hydrogen-bond donors (Lipinski definition) is 0. The van der Waals surface area contributed by atoms with Crippen molar-refractivity contribution in [2.24, 2.45) is 0 Å². The van der Waals surface area contributed by atoms with Gasteiger partial charge in [0, 0.05) is 5.56 Å². The average Bonchev–Trinajstić information content (AvgIpc) is 2.74. The first-order valence-electron chi connectivity index (χ1n) is 5.62. The van der Waals surface area contributed by atoms with Crippen LogP contribution >= 0.6 is 0 Å². The molecule has 2 bridgehead atoms. The molecule has 0 fully saturated rings. The fraction of sp³-hybridized carbons (Fsp3) is 0.385. The van der Waals surface area contributed by atoms with E-state index in [0.29, 0.717) is 0 Å². The van der Waals surface area contributed by atoms with Gasteiger partial charge in [-0.05, 0) is 11.6 Å². The minimum Gasteiger partial charge on any atom is -0.358 e. The number of ether oxygens (including phenoxy) is 1. The van der Waals surface area contributed by atoms with Crippen LogP contribution in [0.15, 0.2) is 30.4 Å². The van der Waals surface area contributed by atoms with Gasteiger partial charge < -0.3 is 4.74 Å². The normalized spacial score (nSPS) is 30.9. The summed E-state index contributed by atoms with van der Waals surface area (Å²) in [5.74, 6) is -0.119. The summed E-state index contributed by atoms with van der Waals surface area (Å²) in [5, 5.41) is -0.446. The van der Waals surface area contributed by atoms with Crippen molar-refractivity contribution in [3.8, 4) is 0 Å². The molecule has 0 N–H and O–H groups in total. The van der Waals surface area contributed by atoms with Crippen LogP contribution in [0.4, 0.5) is 4.39 Å². The highest BCUT2D eigenvalue weighted by Gasteiger charge is 2.55. The van der Waals surface area contributed by atoms with Crippen LogP contribution in [0.5, 0.6) is 0 Å². The molecule has 2 unspecified atom stereocenters.